The minimum absolute atomic E-state index is 0.0477. The number of fused-ring (bicyclic) bond motifs is 1. The van der Waals surface area contributed by atoms with Crippen molar-refractivity contribution in [2.75, 3.05) is 0 Å². The Balaban J connectivity index is 1.68. The highest BCUT2D eigenvalue weighted by molar-refractivity contribution is 6.33. The third kappa shape index (κ3) is 6.93. The summed E-state index contributed by atoms with van der Waals surface area (Å²) >= 11 is 6.25. The zero-order chi connectivity index (χ0) is 29.0. The van der Waals surface area contributed by atoms with E-state index in [1.165, 1.54) is 18.2 Å². The second-order valence-electron chi connectivity index (χ2n) is 9.26. The molecule has 1 atom stereocenters. The average molecular weight is 574 g/mol. The van der Waals surface area contributed by atoms with Gasteiger partial charge in [0.05, 0.1) is 39.0 Å². The van der Waals surface area contributed by atoms with Gasteiger partial charge in [0.25, 0.3) is 5.91 Å². The zero-order valence-corrected chi connectivity index (χ0v) is 22.0. The summed E-state index contributed by atoms with van der Waals surface area (Å²) in [5.74, 6) is -1.72. The van der Waals surface area contributed by atoms with Crippen molar-refractivity contribution in [1.29, 1.82) is 0 Å². The van der Waals surface area contributed by atoms with Crippen LogP contribution >= 0.6 is 11.6 Å². The van der Waals surface area contributed by atoms with Gasteiger partial charge >= 0.3 is 12.1 Å². The van der Waals surface area contributed by atoms with E-state index < -0.39 is 29.7 Å². The number of alkyl halides is 3. The molecule has 2 N–H and O–H groups in total. The fourth-order valence-electron chi connectivity index (χ4n) is 4.19. The SMILES string of the molecule is C[C@@H](NC(=O)c1ccc2nc(-c3ccc(C(F)(F)F)cc3Cl)c(CCCCC(=O)O)nc2c1)c1ccc(F)cc1. The van der Waals surface area contributed by atoms with Crippen LogP contribution in [0.5, 0.6) is 0 Å². The lowest BCUT2D eigenvalue weighted by Crippen LogP contribution is -2.26. The molecular formula is C29H24ClF4N3O3. The quantitative estimate of drug-likeness (QED) is 0.161. The van der Waals surface area contributed by atoms with Crippen molar-refractivity contribution in [3.05, 3.63) is 93.9 Å². The maximum absolute atomic E-state index is 13.2. The second-order valence-corrected chi connectivity index (χ2v) is 9.67. The van der Waals surface area contributed by atoms with Crippen LogP contribution in [0, 0.1) is 5.82 Å². The molecule has 0 saturated carbocycles. The van der Waals surface area contributed by atoms with E-state index >= 15 is 0 Å². The molecule has 6 nitrogen and oxygen atoms in total. The number of aromatic nitrogens is 2. The van der Waals surface area contributed by atoms with Crippen molar-refractivity contribution < 1.29 is 32.3 Å². The maximum atomic E-state index is 13.2. The first-order valence-corrected chi connectivity index (χ1v) is 12.8. The number of aliphatic carboxylic acids is 1. The van der Waals surface area contributed by atoms with Gasteiger partial charge in [-0.05, 0) is 74.2 Å². The summed E-state index contributed by atoms with van der Waals surface area (Å²) in [4.78, 5) is 33.1. The summed E-state index contributed by atoms with van der Waals surface area (Å²) in [7, 11) is 0. The molecular weight excluding hydrogens is 550 g/mol. The number of hydrogen-bond acceptors (Lipinski definition) is 4. The van der Waals surface area contributed by atoms with E-state index in [9.17, 15) is 27.2 Å². The number of nitrogens with one attached hydrogen (secondary N) is 1. The van der Waals surface area contributed by atoms with Crippen LogP contribution in [0.15, 0.2) is 60.7 Å². The number of unbranched alkanes of at least 4 members (excludes halogenated alkanes) is 1. The third-order valence-corrected chi connectivity index (χ3v) is 6.63. The molecule has 0 aliphatic heterocycles. The Kier molecular flexibility index (Phi) is 8.68. The summed E-state index contributed by atoms with van der Waals surface area (Å²) in [6.07, 6.45) is -3.52. The molecule has 40 heavy (non-hydrogen) atoms. The highest BCUT2D eigenvalue weighted by Gasteiger charge is 2.31. The topological polar surface area (TPSA) is 92.2 Å². The molecule has 11 heteroatoms. The molecule has 0 saturated heterocycles. The van der Waals surface area contributed by atoms with E-state index in [2.05, 4.69) is 15.3 Å². The molecule has 0 bridgehead atoms. The smallest absolute Gasteiger partial charge is 0.416 e. The number of amides is 1. The van der Waals surface area contributed by atoms with Crippen LogP contribution in [-0.2, 0) is 17.4 Å². The molecule has 0 fully saturated rings. The number of carboxylic acids is 1. The molecule has 4 rings (SSSR count). The van der Waals surface area contributed by atoms with Crippen molar-refractivity contribution in [3.8, 4) is 11.3 Å². The predicted molar refractivity (Wildman–Crippen MR) is 142 cm³/mol. The molecule has 0 radical (unpaired) electrons. The second kappa shape index (κ2) is 12.0. The van der Waals surface area contributed by atoms with Gasteiger partial charge in [0.2, 0.25) is 0 Å². The highest BCUT2D eigenvalue weighted by atomic mass is 35.5. The summed E-state index contributed by atoms with van der Waals surface area (Å²) in [6.45, 7) is 1.77. The summed E-state index contributed by atoms with van der Waals surface area (Å²) in [5.41, 5.74) is 1.84. The van der Waals surface area contributed by atoms with Gasteiger partial charge in [0, 0.05) is 17.5 Å². The first-order valence-electron chi connectivity index (χ1n) is 12.4. The maximum Gasteiger partial charge on any atom is 0.416 e. The molecule has 1 heterocycles. The largest absolute Gasteiger partial charge is 0.481 e. The molecule has 4 aromatic rings. The number of carbonyl (C=O) groups is 2. The van der Waals surface area contributed by atoms with Crippen LogP contribution in [0.1, 0.15) is 59.4 Å². The number of benzene rings is 3. The Hall–Kier alpha value is -4.05. The summed E-state index contributed by atoms with van der Waals surface area (Å²) in [5, 5.41) is 11.7. The van der Waals surface area contributed by atoms with Crippen molar-refractivity contribution in [2.24, 2.45) is 0 Å². The molecule has 0 spiro atoms. The van der Waals surface area contributed by atoms with E-state index in [1.54, 1.807) is 37.3 Å². The Morgan fingerprint density at radius 3 is 2.35 bits per heavy atom. The van der Waals surface area contributed by atoms with Gasteiger partial charge in [0.15, 0.2) is 0 Å². The number of carboxylic acid groups (broad SMARTS) is 1. The van der Waals surface area contributed by atoms with Gasteiger partial charge in [-0.3, -0.25) is 9.59 Å². The van der Waals surface area contributed by atoms with Crippen molar-refractivity contribution in [3.63, 3.8) is 0 Å². The number of aryl methyl sites for hydroxylation is 1. The van der Waals surface area contributed by atoms with Crippen molar-refractivity contribution >= 4 is 34.5 Å². The minimum atomic E-state index is -4.57. The Morgan fingerprint density at radius 2 is 1.70 bits per heavy atom. The van der Waals surface area contributed by atoms with Crippen LogP contribution in [-0.4, -0.2) is 27.0 Å². The molecule has 0 aliphatic carbocycles. The molecule has 0 aliphatic rings. The number of rotatable bonds is 9. The van der Waals surface area contributed by atoms with Crippen molar-refractivity contribution in [2.45, 2.75) is 44.8 Å². The van der Waals surface area contributed by atoms with Crippen LogP contribution in [0.4, 0.5) is 17.6 Å². The Bertz CT molecular complexity index is 1560. The van der Waals surface area contributed by atoms with Gasteiger partial charge in [0.1, 0.15) is 5.82 Å². The van der Waals surface area contributed by atoms with Crippen LogP contribution < -0.4 is 5.32 Å². The summed E-state index contributed by atoms with van der Waals surface area (Å²) < 4.78 is 52.8. The number of hydrogen-bond donors (Lipinski definition) is 2. The Labute approximate surface area is 232 Å². The van der Waals surface area contributed by atoms with E-state index in [-0.39, 0.29) is 28.5 Å². The van der Waals surface area contributed by atoms with Gasteiger partial charge in [-0.15, -0.1) is 0 Å². The fraction of sp³-hybridized carbons (Fsp3) is 0.241. The zero-order valence-electron chi connectivity index (χ0n) is 21.2. The summed E-state index contributed by atoms with van der Waals surface area (Å²) in [6, 6.07) is 13.0. The number of carbonyl (C=O) groups excluding carboxylic acids is 1. The lowest BCUT2D eigenvalue weighted by Gasteiger charge is -2.15. The van der Waals surface area contributed by atoms with Crippen LogP contribution in [0.3, 0.4) is 0 Å². The molecule has 1 amide bonds. The average Bonchev–Trinajstić information content (AvgIpc) is 2.90. The number of halogens is 5. The first-order chi connectivity index (χ1) is 18.9. The third-order valence-electron chi connectivity index (χ3n) is 6.32. The lowest BCUT2D eigenvalue weighted by atomic mass is 10.0. The molecule has 0 unspecified atom stereocenters. The normalized spacial score (nSPS) is 12.3. The molecule has 3 aromatic carbocycles. The van der Waals surface area contributed by atoms with E-state index in [0.29, 0.717) is 41.6 Å². The van der Waals surface area contributed by atoms with E-state index in [1.807, 2.05) is 0 Å². The van der Waals surface area contributed by atoms with Gasteiger partial charge in [-0.1, -0.05) is 29.8 Å². The van der Waals surface area contributed by atoms with E-state index in [0.717, 1.165) is 17.7 Å². The first kappa shape index (κ1) is 28.9. The van der Waals surface area contributed by atoms with Crippen molar-refractivity contribution in [1.82, 2.24) is 15.3 Å². The van der Waals surface area contributed by atoms with Gasteiger partial charge in [-0.25, -0.2) is 14.4 Å². The van der Waals surface area contributed by atoms with Gasteiger partial charge < -0.3 is 10.4 Å². The van der Waals surface area contributed by atoms with Gasteiger partial charge in [-0.2, -0.15) is 13.2 Å². The Morgan fingerprint density at radius 1 is 0.975 bits per heavy atom. The van der Waals surface area contributed by atoms with Crippen LogP contribution in [0.2, 0.25) is 5.02 Å². The van der Waals surface area contributed by atoms with Crippen LogP contribution in [0.25, 0.3) is 22.3 Å². The number of nitrogens with zero attached hydrogens (tertiary/aromatic N) is 2. The molecule has 1 aromatic heterocycles. The minimum Gasteiger partial charge on any atom is -0.481 e. The van der Waals surface area contributed by atoms with E-state index in [4.69, 9.17) is 16.7 Å². The standard InChI is InChI=1S/C29H24ClF4N3O3/c1-16(17-6-10-20(31)11-7-17)35-28(40)18-8-13-23-25(14-18)36-24(4-2-3-5-26(38)39)27(37-23)21-12-9-19(15-22(21)30)29(32,33)34/h6-16H,2-5H2,1H3,(H,35,40)(H,38,39)/t16-/m1/s1. The molecule has 208 valence electrons. The predicted octanol–water partition coefficient (Wildman–Crippen LogP) is 7.40. The lowest BCUT2D eigenvalue weighted by molar-refractivity contribution is -0.138. The fourth-order valence-corrected chi connectivity index (χ4v) is 4.46. The monoisotopic (exact) mass is 573 g/mol. The highest BCUT2D eigenvalue weighted by Crippen LogP contribution is 2.36.